The molecule has 1 unspecified atom stereocenters. The monoisotopic (exact) mass is 322 g/mol. The SMILES string of the molecule is CSCCC(O)CNC(=O)Nc1ccccc1C(F)(F)F. The van der Waals surface area contributed by atoms with Crippen LogP contribution in [0.1, 0.15) is 12.0 Å². The number of aliphatic hydroxyl groups excluding tert-OH is 1. The quantitative estimate of drug-likeness (QED) is 0.754. The molecule has 4 nitrogen and oxygen atoms in total. The van der Waals surface area contributed by atoms with Gasteiger partial charge >= 0.3 is 12.2 Å². The van der Waals surface area contributed by atoms with E-state index in [2.05, 4.69) is 10.6 Å². The average Bonchev–Trinajstić information content (AvgIpc) is 2.42. The highest BCUT2D eigenvalue weighted by Crippen LogP contribution is 2.34. The maximum absolute atomic E-state index is 12.7. The molecule has 0 aromatic heterocycles. The molecule has 0 aliphatic carbocycles. The standard InChI is InChI=1S/C13H17F3N2O2S/c1-21-7-6-9(19)8-17-12(20)18-11-5-3-2-4-10(11)13(14,15)16/h2-5,9,19H,6-8H2,1H3,(H2,17,18,20). The first kappa shape index (κ1) is 17.6. The Bertz CT molecular complexity index is 469. The van der Waals surface area contributed by atoms with Crippen molar-refractivity contribution in [1.82, 2.24) is 5.32 Å². The van der Waals surface area contributed by atoms with Crippen LogP contribution >= 0.6 is 11.8 Å². The third kappa shape index (κ3) is 6.26. The molecule has 21 heavy (non-hydrogen) atoms. The summed E-state index contributed by atoms with van der Waals surface area (Å²) in [5.74, 6) is 0.737. The van der Waals surface area contributed by atoms with Crippen molar-refractivity contribution in [3.63, 3.8) is 0 Å². The van der Waals surface area contributed by atoms with E-state index in [1.54, 1.807) is 11.8 Å². The number of nitrogens with one attached hydrogen (secondary N) is 2. The lowest BCUT2D eigenvalue weighted by Crippen LogP contribution is -2.35. The first-order valence-corrected chi connectivity index (χ1v) is 7.62. The molecule has 0 aliphatic rings. The number of anilines is 1. The predicted octanol–water partition coefficient (Wildman–Crippen LogP) is 2.94. The molecule has 0 heterocycles. The molecular weight excluding hydrogens is 305 g/mol. The van der Waals surface area contributed by atoms with E-state index < -0.39 is 23.9 Å². The van der Waals surface area contributed by atoms with Crippen molar-refractivity contribution in [1.29, 1.82) is 0 Å². The number of amides is 2. The molecule has 1 aromatic carbocycles. The van der Waals surface area contributed by atoms with Crippen LogP contribution in [-0.4, -0.2) is 35.8 Å². The zero-order chi connectivity index (χ0) is 15.9. The summed E-state index contributed by atoms with van der Waals surface area (Å²) in [5.41, 5.74) is -1.23. The van der Waals surface area contributed by atoms with E-state index in [9.17, 15) is 23.1 Å². The minimum absolute atomic E-state index is 0.0133. The summed E-state index contributed by atoms with van der Waals surface area (Å²) in [7, 11) is 0. The first-order chi connectivity index (χ1) is 9.84. The Kier molecular flexibility index (Phi) is 6.83. The van der Waals surface area contributed by atoms with Crippen LogP contribution in [-0.2, 0) is 6.18 Å². The van der Waals surface area contributed by atoms with Gasteiger partial charge < -0.3 is 15.7 Å². The molecule has 3 N–H and O–H groups in total. The van der Waals surface area contributed by atoms with E-state index in [4.69, 9.17) is 0 Å². The molecule has 0 saturated carbocycles. The number of para-hydroxylation sites is 1. The second-order valence-corrected chi connectivity index (χ2v) is 5.30. The molecule has 1 rings (SSSR count). The lowest BCUT2D eigenvalue weighted by atomic mass is 10.1. The van der Waals surface area contributed by atoms with Gasteiger partial charge in [-0.2, -0.15) is 24.9 Å². The van der Waals surface area contributed by atoms with Crippen molar-refractivity contribution in [2.75, 3.05) is 23.9 Å². The number of benzene rings is 1. The highest BCUT2D eigenvalue weighted by molar-refractivity contribution is 7.98. The number of urea groups is 1. The Morgan fingerprint density at radius 1 is 1.38 bits per heavy atom. The number of thioether (sulfide) groups is 1. The highest BCUT2D eigenvalue weighted by Gasteiger charge is 2.33. The van der Waals surface area contributed by atoms with Gasteiger partial charge in [0, 0.05) is 6.54 Å². The zero-order valence-electron chi connectivity index (χ0n) is 11.4. The van der Waals surface area contributed by atoms with Gasteiger partial charge in [0.05, 0.1) is 17.4 Å². The Labute approximate surface area is 125 Å². The van der Waals surface area contributed by atoms with Crippen LogP contribution in [0.15, 0.2) is 24.3 Å². The molecule has 1 atom stereocenters. The molecule has 118 valence electrons. The van der Waals surface area contributed by atoms with Crippen LogP contribution in [0.2, 0.25) is 0 Å². The van der Waals surface area contributed by atoms with Gasteiger partial charge in [0.15, 0.2) is 0 Å². The summed E-state index contributed by atoms with van der Waals surface area (Å²) in [4.78, 5) is 11.6. The van der Waals surface area contributed by atoms with Gasteiger partial charge in [0.2, 0.25) is 0 Å². The average molecular weight is 322 g/mol. The molecule has 1 aromatic rings. The number of alkyl halides is 3. The van der Waals surface area contributed by atoms with E-state index >= 15 is 0 Å². The van der Waals surface area contributed by atoms with Crippen molar-refractivity contribution >= 4 is 23.5 Å². The molecule has 0 saturated heterocycles. The van der Waals surface area contributed by atoms with Crippen molar-refractivity contribution < 1.29 is 23.1 Å². The third-order valence-corrected chi connectivity index (χ3v) is 3.28. The van der Waals surface area contributed by atoms with E-state index in [1.165, 1.54) is 18.2 Å². The van der Waals surface area contributed by atoms with Gasteiger partial charge in [-0.05, 0) is 30.6 Å². The molecule has 0 bridgehead atoms. The number of halogens is 3. The van der Waals surface area contributed by atoms with Crippen LogP contribution in [0.4, 0.5) is 23.7 Å². The Morgan fingerprint density at radius 3 is 2.67 bits per heavy atom. The molecular formula is C13H17F3N2O2S. The normalized spacial score (nSPS) is 12.8. The fourth-order valence-electron chi connectivity index (χ4n) is 1.57. The fraction of sp³-hybridized carbons (Fsp3) is 0.462. The van der Waals surface area contributed by atoms with Crippen LogP contribution < -0.4 is 10.6 Å². The summed E-state index contributed by atoms with van der Waals surface area (Å²) in [6.07, 6.45) is -2.87. The number of aliphatic hydroxyl groups is 1. The predicted molar refractivity (Wildman–Crippen MR) is 77.5 cm³/mol. The Morgan fingerprint density at radius 2 is 2.05 bits per heavy atom. The van der Waals surface area contributed by atoms with Crippen LogP contribution in [0, 0.1) is 0 Å². The van der Waals surface area contributed by atoms with Crippen LogP contribution in [0.3, 0.4) is 0 Å². The van der Waals surface area contributed by atoms with E-state index in [1.807, 2.05) is 6.26 Å². The second-order valence-electron chi connectivity index (χ2n) is 4.31. The van der Waals surface area contributed by atoms with E-state index in [0.29, 0.717) is 6.42 Å². The van der Waals surface area contributed by atoms with Gasteiger partial charge in [-0.1, -0.05) is 12.1 Å². The minimum atomic E-state index is -4.54. The van der Waals surface area contributed by atoms with Crippen molar-refractivity contribution in [3.8, 4) is 0 Å². The molecule has 0 radical (unpaired) electrons. The third-order valence-electron chi connectivity index (χ3n) is 2.63. The number of hydrogen-bond donors (Lipinski definition) is 3. The van der Waals surface area contributed by atoms with Crippen LogP contribution in [0.25, 0.3) is 0 Å². The number of rotatable bonds is 6. The lowest BCUT2D eigenvalue weighted by Gasteiger charge is -2.15. The van der Waals surface area contributed by atoms with Gasteiger partial charge in [-0.25, -0.2) is 4.79 Å². The zero-order valence-corrected chi connectivity index (χ0v) is 12.2. The molecule has 0 spiro atoms. The van der Waals surface area contributed by atoms with Gasteiger partial charge in [0.1, 0.15) is 0 Å². The van der Waals surface area contributed by atoms with Crippen molar-refractivity contribution in [3.05, 3.63) is 29.8 Å². The van der Waals surface area contributed by atoms with Gasteiger partial charge in [-0.15, -0.1) is 0 Å². The van der Waals surface area contributed by atoms with E-state index in [-0.39, 0.29) is 12.2 Å². The second kappa shape index (κ2) is 8.14. The number of carbonyl (C=O) groups excluding carboxylic acids is 1. The minimum Gasteiger partial charge on any atom is -0.391 e. The summed E-state index contributed by atoms with van der Waals surface area (Å²) >= 11 is 1.56. The summed E-state index contributed by atoms with van der Waals surface area (Å²) < 4.78 is 38.2. The Balaban J connectivity index is 2.56. The fourth-order valence-corrected chi connectivity index (χ4v) is 2.08. The smallest absolute Gasteiger partial charge is 0.391 e. The van der Waals surface area contributed by atoms with Crippen molar-refractivity contribution in [2.24, 2.45) is 0 Å². The maximum Gasteiger partial charge on any atom is 0.418 e. The number of hydrogen-bond acceptors (Lipinski definition) is 3. The largest absolute Gasteiger partial charge is 0.418 e. The number of carbonyl (C=O) groups is 1. The molecule has 2 amide bonds. The van der Waals surface area contributed by atoms with Crippen molar-refractivity contribution in [2.45, 2.75) is 18.7 Å². The van der Waals surface area contributed by atoms with Crippen LogP contribution in [0.5, 0.6) is 0 Å². The molecule has 8 heteroatoms. The van der Waals surface area contributed by atoms with E-state index in [0.717, 1.165) is 11.8 Å². The molecule has 0 fully saturated rings. The highest BCUT2D eigenvalue weighted by atomic mass is 32.2. The topological polar surface area (TPSA) is 61.4 Å². The summed E-state index contributed by atoms with van der Waals surface area (Å²) in [6.45, 7) is -0.0133. The van der Waals surface area contributed by atoms with Gasteiger partial charge in [0.25, 0.3) is 0 Å². The van der Waals surface area contributed by atoms with Gasteiger partial charge in [-0.3, -0.25) is 0 Å². The summed E-state index contributed by atoms with van der Waals surface area (Å²) in [6, 6.07) is 3.93. The molecule has 0 aliphatic heterocycles. The summed E-state index contributed by atoms with van der Waals surface area (Å²) in [5, 5.41) is 14.0. The maximum atomic E-state index is 12.7. The Hall–Kier alpha value is -1.41. The first-order valence-electron chi connectivity index (χ1n) is 6.22. The lowest BCUT2D eigenvalue weighted by molar-refractivity contribution is -0.136.